The van der Waals surface area contributed by atoms with E-state index in [1.54, 1.807) is 6.20 Å². The van der Waals surface area contributed by atoms with Crippen molar-refractivity contribution in [2.75, 3.05) is 0 Å². The average Bonchev–Trinajstić information content (AvgIpc) is 2.34. The van der Waals surface area contributed by atoms with Crippen molar-refractivity contribution in [3.8, 4) is 12.5 Å². The molecule has 0 bridgehead atoms. The van der Waals surface area contributed by atoms with Gasteiger partial charge >= 0.3 is 0 Å². The van der Waals surface area contributed by atoms with E-state index in [9.17, 15) is 0 Å². The van der Waals surface area contributed by atoms with Crippen molar-refractivity contribution in [1.82, 2.24) is 9.78 Å². The van der Waals surface area contributed by atoms with Crippen LogP contribution in [-0.2, 0) is 0 Å². The maximum atomic E-state index is 5.11. The lowest BCUT2D eigenvalue weighted by Gasteiger charge is -1.95. The zero-order valence-electron chi connectivity index (χ0n) is 6.20. The third kappa shape index (κ3) is 1.19. The molecule has 1 heterocycles. The van der Waals surface area contributed by atoms with E-state index in [4.69, 9.17) is 6.42 Å². The van der Waals surface area contributed by atoms with E-state index >= 15 is 0 Å². The molecule has 2 heteroatoms. The number of rotatable bonds is 1. The summed E-state index contributed by atoms with van der Waals surface area (Å²) in [5, 5.41) is 3.94. The molecule has 0 fully saturated rings. The van der Waals surface area contributed by atoms with Gasteiger partial charge in [0.15, 0.2) is 0 Å². The Balaban J connectivity index is 2.91. The van der Waals surface area contributed by atoms with Crippen LogP contribution in [0.2, 0.25) is 0 Å². The Hall–Kier alpha value is -1.23. The molecule has 1 rings (SSSR count). The van der Waals surface area contributed by atoms with Crippen molar-refractivity contribution < 1.29 is 0 Å². The van der Waals surface area contributed by atoms with Gasteiger partial charge in [0.25, 0.3) is 0 Å². The van der Waals surface area contributed by atoms with Crippen molar-refractivity contribution in [1.29, 1.82) is 0 Å². The first-order valence-electron chi connectivity index (χ1n) is 3.25. The molecule has 0 unspecified atom stereocenters. The highest BCUT2D eigenvalue weighted by atomic mass is 15.2. The van der Waals surface area contributed by atoms with Gasteiger partial charge in [-0.25, -0.2) is 0 Å². The number of hydrogen-bond acceptors (Lipinski definition) is 1. The molecular weight excluding hydrogens is 124 g/mol. The molecule has 0 saturated carbocycles. The summed E-state index contributed by atoms with van der Waals surface area (Å²) in [5.74, 6) is 0.502. The zero-order valence-corrected chi connectivity index (χ0v) is 6.20. The van der Waals surface area contributed by atoms with Gasteiger partial charge < -0.3 is 0 Å². The summed E-state index contributed by atoms with van der Waals surface area (Å²) in [6.07, 6.45) is 8.78. The normalized spacial score (nSPS) is 9.80. The monoisotopic (exact) mass is 134 g/mol. The minimum atomic E-state index is 0.502. The Bertz CT molecular complexity index is 252. The maximum Gasteiger partial charge on any atom is 0.0536 e. The van der Waals surface area contributed by atoms with E-state index in [2.05, 4.69) is 25.0 Å². The zero-order chi connectivity index (χ0) is 7.56. The fraction of sp³-hybridized carbons (Fsp3) is 0.375. The standard InChI is InChI=1S/C8H10N2/c1-4-10-6-8(5-9-10)7(2)3/h1,5-7H,2-3H3. The second-order valence-electron chi connectivity index (χ2n) is 2.50. The van der Waals surface area contributed by atoms with Crippen LogP contribution in [0.5, 0.6) is 0 Å². The van der Waals surface area contributed by atoms with E-state index in [1.807, 2.05) is 6.20 Å². The summed E-state index contributed by atoms with van der Waals surface area (Å²) in [7, 11) is 0. The summed E-state index contributed by atoms with van der Waals surface area (Å²) in [6.45, 7) is 4.22. The molecule has 2 nitrogen and oxygen atoms in total. The first-order chi connectivity index (χ1) is 4.74. The van der Waals surface area contributed by atoms with Crippen LogP contribution in [0.1, 0.15) is 25.3 Å². The molecule has 0 radical (unpaired) electrons. The van der Waals surface area contributed by atoms with Crippen LogP contribution in [0.3, 0.4) is 0 Å². The van der Waals surface area contributed by atoms with Gasteiger partial charge in [-0.2, -0.15) is 9.78 Å². The molecule has 0 atom stereocenters. The fourth-order valence-corrected chi connectivity index (χ4v) is 0.705. The molecule has 0 aliphatic rings. The molecule has 0 aliphatic carbocycles. The van der Waals surface area contributed by atoms with Gasteiger partial charge in [0.05, 0.1) is 6.20 Å². The molecule has 0 aromatic carbocycles. The largest absolute Gasteiger partial charge is 0.197 e. The molecule has 10 heavy (non-hydrogen) atoms. The van der Waals surface area contributed by atoms with E-state index in [0.29, 0.717) is 5.92 Å². The fourth-order valence-electron chi connectivity index (χ4n) is 0.705. The van der Waals surface area contributed by atoms with Gasteiger partial charge in [-0.3, -0.25) is 0 Å². The van der Waals surface area contributed by atoms with Gasteiger partial charge in [-0.05, 0) is 11.5 Å². The molecule has 0 aliphatic heterocycles. The Morgan fingerprint density at radius 2 is 2.40 bits per heavy atom. The molecule has 0 N–H and O–H groups in total. The highest BCUT2D eigenvalue weighted by Gasteiger charge is 1.99. The van der Waals surface area contributed by atoms with E-state index in [0.717, 1.165) is 0 Å². The first-order valence-corrected chi connectivity index (χ1v) is 3.25. The minimum Gasteiger partial charge on any atom is -0.197 e. The van der Waals surface area contributed by atoms with Crippen molar-refractivity contribution in [3.05, 3.63) is 18.0 Å². The molecule has 0 spiro atoms. The summed E-state index contributed by atoms with van der Waals surface area (Å²) >= 11 is 0. The highest BCUT2D eigenvalue weighted by molar-refractivity contribution is 5.11. The van der Waals surface area contributed by atoms with Gasteiger partial charge in [-0.15, -0.1) is 0 Å². The van der Waals surface area contributed by atoms with E-state index in [-0.39, 0.29) is 0 Å². The lowest BCUT2D eigenvalue weighted by molar-refractivity contribution is 0.864. The maximum absolute atomic E-state index is 5.11. The quantitative estimate of drug-likeness (QED) is 0.531. The average molecular weight is 134 g/mol. The van der Waals surface area contributed by atoms with Gasteiger partial charge in [0.1, 0.15) is 0 Å². The summed E-state index contributed by atoms with van der Waals surface area (Å²) in [5.41, 5.74) is 1.18. The predicted molar refractivity (Wildman–Crippen MR) is 40.5 cm³/mol. The van der Waals surface area contributed by atoms with E-state index in [1.165, 1.54) is 10.2 Å². The number of terminal acetylenes is 1. The van der Waals surface area contributed by atoms with Crippen LogP contribution >= 0.6 is 0 Å². The lowest BCUT2D eigenvalue weighted by atomic mass is 10.1. The Morgan fingerprint density at radius 3 is 2.70 bits per heavy atom. The van der Waals surface area contributed by atoms with Crippen LogP contribution in [0, 0.1) is 12.5 Å². The number of nitrogens with zero attached hydrogens (tertiary/aromatic N) is 2. The topological polar surface area (TPSA) is 17.8 Å². The molecule has 52 valence electrons. The second-order valence-corrected chi connectivity index (χ2v) is 2.50. The molecule has 0 saturated heterocycles. The van der Waals surface area contributed by atoms with Crippen LogP contribution in [0.25, 0.3) is 0 Å². The second kappa shape index (κ2) is 2.57. The predicted octanol–water partition coefficient (Wildman–Crippen LogP) is 1.45. The van der Waals surface area contributed by atoms with Crippen molar-refractivity contribution in [2.24, 2.45) is 0 Å². The highest BCUT2D eigenvalue weighted by Crippen LogP contribution is 2.11. The van der Waals surface area contributed by atoms with Crippen molar-refractivity contribution >= 4 is 0 Å². The van der Waals surface area contributed by atoms with Crippen LogP contribution in [-0.4, -0.2) is 9.78 Å². The van der Waals surface area contributed by atoms with E-state index < -0.39 is 0 Å². The van der Waals surface area contributed by atoms with Crippen molar-refractivity contribution in [3.63, 3.8) is 0 Å². The summed E-state index contributed by atoms with van der Waals surface area (Å²) < 4.78 is 1.48. The Kier molecular flexibility index (Phi) is 1.77. The lowest BCUT2D eigenvalue weighted by Crippen LogP contribution is -1.86. The Labute approximate surface area is 60.9 Å². The smallest absolute Gasteiger partial charge is 0.0536 e. The molecule has 1 aromatic rings. The molecule has 0 amide bonds. The third-order valence-electron chi connectivity index (χ3n) is 1.40. The van der Waals surface area contributed by atoms with Gasteiger partial charge in [0, 0.05) is 12.2 Å². The minimum absolute atomic E-state index is 0.502. The molecular formula is C8H10N2. The van der Waals surface area contributed by atoms with Crippen LogP contribution in [0.4, 0.5) is 0 Å². The Morgan fingerprint density at radius 1 is 1.70 bits per heavy atom. The number of aromatic nitrogens is 2. The summed E-state index contributed by atoms with van der Waals surface area (Å²) in [6, 6.07) is 2.41. The molecule has 1 aromatic heterocycles. The van der Waals surface area contributed by atoms with Gasteiger partial charge in [0.2, 0.25) is 0 Å². The third-order valence-corrected chi connectivity index (χ3v) is 1.40. The first kappa shape index (κ1) is 6.88. The van der Waals surface area contributed by atoms with Crippen LogP contribution in [0.15, 0.2) is 12.4 Å². The van der Waals surface area contributed by atoms with Crippen molar-refractivity contribution in [2.45, 2.75) is 19.8 Å². The van der Waals surface area contributed by atoms with Crippen LogP contribution < -0.4 is 0 Å². The number of hydrogen-bond donors (Lipinski definition) is 0. The summed E-state index contributed by atoms with van der Waals surface area (Å²) in [4.78, 5) is 0. The SMILES string of the molecule is C#Cn1cc(C(C)C)cn1. The van der Waals surface area contributed by atoms with Gasteiger partial charge in [-0.1, -0.05) is 20.3 Å².